The number of sulfonamides is 1. The lowest BCUT2D eigenvalue weighted by Crippen LogP contribution is -2.38. The van der Waals surface area contributed by atoms with Gasteiger partial charge in [0.2, 0.25) is 15.3 Å². The highest BCUT2D eigenvalue weighted by molar-refractivity contribution is 7.98. The first-order valence-electron chi connectivity index (χ1n) is 5.38. The van der Waals surface area contributed by atoms with E-state index in [1.165, 1.54) is 16.7 Å². The van der Waals surface area contributed by atoms with Crippen LogP contribution >= 0.6 is 23.4 Å². The molecule has 1 atom stereocenters. The largest absolute Gasteiger partial charge is 0.246 e. The molecule has 1 aromatic rings. The van der Waals surface area contributed by atoms with E-state index in [9.17, 15) is 8.42 Å². The van der Waals surface area contributed by atoms with Gasteiger partial charge in [0.25, 0.3) is 0 Å². The van der Waals surface area contributed by atoms with Crippen molar-refractivity contribution in [2.75, 3.05) is 19.1 Å². The van der Waals surface area contributed by atoms with Crippen LogP contribution in [0.3, 0.4) is 0 Å². The Bertz CT molecular complexity index is 478. The van der Waals surface area contributed by atoms with Crippen LogP contribution in [0.4, 0.5) is 0 Å². The second-order valence-electron chi connectivity index (χ2n) is 3.73. The van der Waals surface area contributed by atoms with Crippen molar-refractivity contribution < 1.29 is 8.42 Å². The zero-order valence-corrected chi connectivity index (χ0v) is 12.9. The van der Waals surface area contributed by atoms with Gasteiger partial charge in [0.05, 0.1) is 12.4 Å². The molecule has 1 rings (SSSR count). The highest BCUT2D eigenvalue weighted by Gasteiger charge is 2.27. The van der Waals surface area contributed by atoms with Gasteiger partial charge in [-0.25, -0.2) is 18.4 Å². The van der Waals surface area contributed by atoms with Gasteiger partial charge in [-0.05, 0) is 24.3 Å². The minimum absolute atomic E-state index is 0.0350. The minimum Gasteiger partial charge on any atom is -0.225 e. The molecule has 5 nitrogen and oxygen atoms in total. The molecule has 0 aliphatic heterocycles. The summed E-state index contributed by atoms with van der Waals surface area (Å²) < 4.78 is 26.0. The molecule has 0 spiro atoms. The average molecular weight is 310 g/mol. The molecule has 0 saturated heterocycles. The van der Waals surface area contributed by atoms with Crippen molar-refractivity contribution in [1.82, 2.24) is 14.3 Å². The van der Waals surface area contributed by atoms with Crippen LogP contribution in [0.2, 0.25) is 5.28 Å². The first-order chi connectivity index (χ1) is 8.43. The molecule has 0 bridgehead atoms. The highest BCUT2D eigenvalue weighted by atomic mass is 35.5. The maximum Gasteiger partial charge on any atom is 0.246 e. The van der Waals surface area contributed by atoms with Crippen molar-refractivity contribution >= 4 is 33.4 Å². The molecule has 0 radical (unpaired) electrons. The SMILES string of the molecule is CCC(CSC)N(C)S(=O)(=O)c1cnc(Cl)nc1. The number of hydrogen-bond donors (Lipinski definition) is 0. The Morgan fingerprint density at radius 2 is 2.00 bits per heavy atom. The molecule has 0 aliphatic carbocycles. The predicted octanol–water partition coefficient (Wildman–Crippen LogP) is 1.89. The number of thioether (sulfide) groups is 1. The number of aromatic nitrogens is 2. The summed E-state index contributed by atoms with van der Waals surface area (Å²) >= 11 is 7.16. The molecular weight excluding hydrogens is 294 g/mol. The second kappa shape index (κ2) is 6.70. The Hall–Kier alpha value is -0.370. The van der Waals surface area contributed by atoms with Crippen LogP contribution in [0, 0.1) is 0 Å². The summed E-state index contributed by atoms with van der Waals surface area (Å²) in [5.74, 6) is 0.751. The monoisotopic (exact) mass is 309 g/mol. The lowest BCUT2D eigenvalue weighted by molar-refractivity contribution is 0.385. The van der Waals surface area contributed by atoms with Crippen molar-refractivity contribution in [2.45, 2.75) is 24.3 Å². The summed E-state index contributed by atoms with van der Waals surface area (Å²) in [6.45, 7) is 1.96. The summed E-state index contributed by atoms with van der Waals surface area (Å²) in [5.41, 5.74) is 0. The average Bonchev–Trinajstić information content (AvgIpc) is 2.35. The lowest BCUT2D eigenvalue weighted by atomic mass is 10.3. The molecule has 0 saturated carbocycles. The van der Waals surface area contributed by atoms with Crippen LogP contribution in [0.15, 0.2) is 17.3 Å². The molecule has 0 aromatic carbocycles. The van der Waals surface area contributed by atoms with Gasteiger partial charge >= 0.3 is 0 Å². The fraction of sp³-hybridized carbons (Fsp3) is 0.600. The lowest BCUT2D eigenvalue weighted by Gasteiger charge is -2.25. The topological polar surface area (TPSA) is 63.2 Å². The van der Waals surface area contributed by atoms with Crippen LogP contribution in [0.25, 0.3) is 0 Å². The van der Waals surface area contributed by atoms with Crippen LogP contribution < -0.4 is 0 Å². The fourth-order valence-corrected chi connectivity index (χ4v) is 3.82. The molecule has 18 heavy (non-hydrogen) atoms. The number of nitrogens with zero attached hydrogens (tertiary/aromatic N) is 3. The van der Waals surface area contributed by atoms with Crippen LogP contribution in [-0.4, -0.2) is 47.8 Å². The van der Waals surface area contributed by atoms with Crippen molar-refractivity contribution in [1.29, 1.82) is 0 Å². The quantitative estimate of drug-likeness (QED) is 0.751. The molecule has 102 valence electrons. The second-order valence-corrected chi connectivity index (χ2v) is 6.97. The zero-order valence-electron chi connectivity index (χ0n) is 10.5. The van der Waals surface area contributed by atoms with Crippen LogP contribution in [-0.2, 0) is 10.0 Å². The van der Waals surface area contributed by atoms with Crippen molar-refractivity contribution in [3.05, 3.63) is 17.7 Å². The summed E-state index contributed by atoms with van der Waals surface area (Å²) in [7, 11) is -1.98. The molecule has 0 fully saturated rings. The molecule has 0 N–H and O–H groups in total. The van der Waals surface area contributed by atoms with Gasteiger partial charge < -0.3 is 0 Å². The summed E-state index contributed by atoms with van der Waals surface area (Å²) in [4.78, 5) is 7.47. The molecule has 0 amide bonds. The van der Waals surface area contributed by atoms with E-state index in [1.54, 1.807) is 18.8 Å². The number of halogens is 1. The van der Waals surface area contributed by atoms with E-state index in [2.05, 4.69) is 9.97 Å². The molecular formula is C10H16ClN3O2S2. The van der Waals surface area contributed by atoms with E-state index in [-0.39, 0.29) is 16.2 Å². The predicted molar refractivity (Wildman–Crippen MR) is 74.5 cm³/mol. The van der Waals surface area contributed by atoms with Gasteiger partial charge in [0.15, 0.2) is 0 Å². The van der Waals surface area contributed by atoms with Gasteiger partial charge in [-0.2, -0.15) is 16.1 Å². The first kappa shape index (κ1) is 15.7. The Balaban J connectivity index is 3.01. The van der Waals surface area contributed by atoms with Gasteiger partial charge in [0.1, 0.15) is 4.90 Å². The van der Waals surface area contributed by atoms with Crippen molar-refractivity contribution in [3.63, 3.8) is 0 Å². The summed E-state index contributed by atoms with van der Waals surface area (Å²) in [6, 6.07) is -0.0410. The third-order valence-electron chi connectivity index (χ3n) is 2.62. The maximum atomic E-state index is 12.3. The van der Waals surface area contributed by atoms with E-state index < -0.39 is 10.0 Å². The molecule has 1 heterocycles. The zero-order chi connectivity index (χ0) is 13.8. The number of hydrogen-bond acceptors (Lipinski definition) is 5. The van der Waals surface area contributed by atoms with E-state index in [4.69, 9.17) is 11.6 Å². The third kappa shape index (κ3) is 3.57. The Kier molecular flexibility index (Phi) is 5.84. The van der Waals surface area contributed by atoms with Crippen molar-refractivity contribution in [2.24, 2.45) is 0 Å². The Morgan fingerprint density at radius 1 is 1.44 bits per heavy atom. The van der Waals surface area contributed by atoms with Crippen molar-refractivity contribution in [3.8, 4) is 0 Å². The molecule has 1 aromatic heterocycles. The number of rotatable bonds is 6. The Morgan fingerprint density at radius 3 is 2.44 bits per heavy atom. The van der Waals surface area contributed by atoms with Gasteiger partial charge in [-0.3, -0.25) is 0 Å². The van der Waals surface area contributed by atoms with E-state index in [0.717, 1.165) is 12.2 Å². The molecule has 8 heteroatoms. The van der Waals surface area contributed by atoms with E-state index in [0.29, 0.717) is 0 Å². The smallest absolute Gasteiger partial charge is 0.225 e. The van der Waals surface area contributed by atoms with Crippen LogP contribution in [0.5, 0.6) is 0 Å². The standard InChI is InChI=1S/C10H16ClN3O2S2/c1-4-8(7-17-3)14(2)18(15,16)9-5-12-10(11)13-6-9/h5-6,8H,4,7H2,1-3H3. The van der Waals surface area contributed by atoms with E-state index in [1.807, 2.05) is 13.2 Å². The van der Waals surface area contributed by atoms with E-state index >= 15 is 0 Å². The third-order valence-corrected chi connectivity index (χ3v) is 5.39. The fourth-order valence-electron chi connectivity index (χ4n) is 1.47. The first-order valence-corrected chi connectivity index (χ1v) is 8.59. The maximum absolute atomic E-state index is 12.3. The molecule has 0 aliphatic rings. The van der Waals surface area contributed by atoms with Gasteiger partial charge in [-0.15, -0.1) is 0 Å². The molecule has 1 unspecified atom stereocenters. The van der Waals surface area contributed by atoms with Gasteiger partial charge in [0, 0.05) is 18.8 Å². The summed E-state index contributed by atoms with van der Waals surface area (Å²) in [5, 5.41) is 0.0350. The normalized spacial score (nSPS) is 13.8. The van der Waals surface area contributed by atoms with Gasteiger partial charge in [-0.1, -0.05) is 6.92 Å². The highest BCUT2D eigenvalue weighted by Crippen LogP contribution is 2.19. The minimum atomic E-state index is -3.55. The Labute approximate surface area is 117 Å². The summed E-state index contributed by atoms with van der Waals surface area (Å²) in [6.07, 6.45) is 5.17. The van der Waals surface area contributed by atoms with Crippen LogP contribution in [0.1, 0.15) is 13.3 Å².